The fourth-order valence-electron chi connectivity index (χ4n) is 4.29. The summed E-state index contributed by atoms with van der Waals surface area (Å²) in [6, 6.07) is 12.3. The van der Waals surface area contributed by atoms with Crippen LogP contribution in [0.1, 0.15) is 24.0 Å². The van der Waals surface area contributed by atoms with Gasteiger partial charge in [-0.25, -0.2) is 9.48 Å². The lowest BCUT2D eigenvalue weighted by Gasteiger charge is -2.41. The van der Waals surface area contributed by atoms with Crippen LogP contribution in [-0.4, -0.2) is 31.7 Å². The van der Waals surface area contributed by atoms with Gasteiger partial charge in [0.05, 0.1) is 5.69 Å². The Morgan fingerprint density at radius 3 is 2.60 bits per heavy atom. The minimum absolute atomic E-state index is 0.0341. The molecule has 1 aromatic heterocycles. The van der Waals surface area contributed by atoms with Crippen molar-refractivity contribution in [3.63, 3.8) is 0 Å². The average molecular weight is 402 g/mol. The van der Waals surface area contributed by atoms with Crippen molar-refractivity contribution < 1.29 is 14.7 Å². The summed E-state index contributed by atoms with van der Waals surface area (Å²) in [6.07, 6.45) is 0.0965. The molecule has 0 bridgehead atoms. The molecule has 0 radical (unpaired) electrons. The molecule has 1 saturated heterocycles. The Hall–Kier alpha value is -3.81. The molecule has 0 saturated carbocycles. The van der Waals surface area contributed by atoms with Crippen molar-refractivity contribution in [1.29, 1.82) is 0 Å². The molecule has 30 heavy (non-hydrogen) atoms. The third-order valence-corrected chi connectivity index (χ3v) is 5.98. The van der Waals surface area contributed by atoms with Gasteiger partial charge in [-0.05, 0) is 43.2 Å². The molecule has 1 amide bonds. The summed E-state index contributed by atoms with van der Waals surface area (Å²) in [4.78, 5) is 43.7. The van der Waals surface area contributed by atoms with Gasteiger partial charge >= 0.3 is 5.97 Å². The predicted molar refractivity (Wildman–Crippen MR) is 109 cm³/mol. The van der Waals surface area contributed by atoms with E-state index in [4.69, 9.17) is 0 Å². The van der Waals surface area contributed by atoms with Gasteiger partial charge in [0, 0.05) is 24.0 Å². The number of rotatable bonds is 2. The number of anilines is 1. The van der Waals surface area contributed by atoms with E-state index in [-0.39, 0.29) is 30.3 Å². The van der Waals surface area contributed by atoms with Crippen molar-refractivity contribution >= 4 is 17.6 Å². The number of carbonyl (C=O) groups is 2. The third kappa shape index (κ3) is 2.24. The number of aliphatic carboxylic acids is 1. The first kappa shape index (κ1) is 18.2. The Morgan fingerprint density at radius 1 is 1.10 bits per heavy atom. The maximum absolute atomic E-state index is 12.9. The zero-order valence-corrected chi connectivity index (χ0v) is 16.4. The van der Waals surface area contributed by atoms with Gasteiger partial charge < -0.3 is 5.11 Å². The number of carboxylic acids is 1. The molecule has 5 rings (SSSR count). The highest BCUT2D eigenvalue weighted by Gasteiger charge is 2.58. The Labute approximate surface area is 171 Å². The number of carbonyl (C=O) groups excluding carboxylic acids is 1. The molecule has 1 atom stereocenters. The van der Waals surface area contributed by atoms with Gasteiger partial charge in [-0.2, -0.15) is 10.1 Å². The maximum atomic E-state index is 12.9. The molecule has 1 fully saturated rings. The van der Waals surface area contributed by atoms with Gasteiger partial charge in [0.15, 0.2) is 11.5 Å². The Balaban J connectivity index is 1.86. The van der Waals surface area contributed by atoms with Crippen molar-refractivity contribution in [3.05, 3.63) is 63.9 Å². The number of hydrogen-bond donors (Lipinski definition) is 1. The van der Waals surface area contributed by atoms with Crippen molar-refractivity contribution in [3.8, 4) is 22.6 Å². The third-order valence-electron chi connectivity index (χ3n) is 5.98. The lowest BCUT2D eigenvalue weighted by atomic mass is 10.00. The highest BCUT2D eigenvalue weighted by Crippen LogP contribution is 2.47. The van der Waals surface area contributed by atoms with Gasteiger partial charge in [0.2, 0.25) is 11.6 Å². The summed E-state index contributed by atoms with van der Waals surface area (Å²) in [5.41, 5.74) is 1.28. The highest BCUT2D eigenvalue weighted by molar-refractivity contribution is 6.07. The molecule has 3 aromatic rings. The topological polar surface area (TPSA) is 105 Å². The van der Waals surface area contributed by atoms with Crippen LogP contribution in [0.15, 0.2) is 47.3 Å². The van der Waals surface area contributed by atoms with Crippen molar-refractivity contribution in [1.82, 2.24) is 14.8 Å². The minimum atomic E-state index is -1.75. The summed E-state index contributed by atoms with van der Waals surface area (Å²) in [6.45, 7) is 3.89. The Morgan fingerprint density at radius 2 is 1.87 bits per heavy atom. The van der Waals surface area contributed by atoms with Crippen molar-refractivity contribution in [2.45, 2.75) is 32.4 Å². The smallest absolute Gasteiger partial charge is 0.353 e. The van der Waals surface area contributed by atoms with Crippen molar-refractivity contribution in [2.75, 3.05) is 4.90 Å². The Kier molecular flexibility index (Phi) is 3.70. The molecule has 3 heterocycles. The van der Waals surface area contributed by atoms with Gasteiger partial charge in [0.25, 0.3) is 5.56 Å². The first-order valence-corrected chi connectivity index (χ1v) is 9.60. The first-order chi connectivity index (χ1) is 14.3. The van der Waals surface area contributed by atoms with Gasteiger partial charge in [0.1, 0.15) is 0 Å². The summed E-state index contributed by atoms with van der Waals surface area (Å²) >= 11 is 0. The number of amides is 1. The van der Waals surface area contributed by atoms with E-state index in [9.17, 15) is 19.5 Å². The molecule has 2 aromatic carbocycles. The number of nitrogens with zero attached hydrogens (tertiary/aromatic N) is 4. The number of benzene rings is 2. The van der Waals surface area contributed by atoms with Crippen LogP contribution in [0.4, 0.5) is 5.69 Å². The predicted octanol–water partition coefficient (Wildman–Crippen LogP) is 2.47. The van der Waals surface area contributed by atoms with E-state index in [0.29, 0.717) is 16.8 Å². The van der Waals surface area contributed by atoms with Crippen LogP contribution in [0.3, 0.4) is 0 Å². The number of aryl methyl sites for hydroxylation is 2. The molecule has 2 aliphatic rings. The second-order valence-corrected chi connectivity index (χ2v) is 7.67. The largest absolute Gasteiger partial charge is 0.478 e. The number of fused-ring (bicyclic) bond motifs is 6. The lowest BCUT2D eigenvalue weighted by molar-refractivity contribution is -0.148. The number of hydrogen-bond acceptors (Lipinski definition) is 5. The molecular formula is C22H18N4O4. The van der Waals surface area contributed by atoms with E-state index < -0.39 is 17.2 Å². The van der Waals surface area contributed by atoms with Crippen molar-refractivity contribution in [2.24, 2.45) is 0 Å². The van der Waals surface area contributed by atoms with E-state index in [1.165, 1.54) is 9.58 Å². The lowest BCUT2D eigenvalue weighted by Crippen LogP contribution is -2.58. The fourth-order valence-corrected chi connectivity index (χ4v) is 4.29. The van der Waals surface area contributed by atoms with Gasteiger partial charge in [-0.3, -0.25) is 14.5 Å². The van der Waals surface area contributed by atoms with Crippen LogP contribution in [0.5, 0.6) is 0 Å². The highest BCUT2D eigenvalue weighted by atomic mass is 16.4. The molecule has 8 heteroatoms. The normalized spacial score (nSPS) is 19.3. The molecule has 8 nitrogen and oxygen atoms in total. The van der Waals surface area contributed by atoms with E-state index in [1.54, 1.807) is 30.3 Å². The SMILES string of the molecule is Cc1ccc(-c2nn3c(nc2=O)-c2ccccc2N2C(=O)CC[C@@]23C(=O)O)cc1C. The maximum Gasteiger partial charge on any atom is 0.353 e. The van der Waals surface area contributed by atoms with E-state index >= 15 is 0 Å². The summed E-state index contributed by atoms with van der Waals surface area (Å²) in [7, 11) is 0. The zero-order chi connectivity index (χ0) is 21.2. The standard InChI is InChI=1S/C22H18N4O4/c1-12-7-8-14(11-13(12)2)18-20(28)23-19-15-5-3-4-6-16(15)25-17(27)9-10-22(25,21(29)30)26(19)24-18/h3-8,11H,9-10H2,1-2H3,(H,29,30)/t22-/m1/s1. The molecule has 2 aliphatic heterocycles. The van der Waals surface area contributed by atoms with Crippen LogP contribution in [-0.2, 0) is 15.3 Å². The second kappa shape index (κ2) is 6.09. The summed E-state index contributed by atoms with van der Waals surface area (Å²) in [5.74, 6) is -1.37. The number of carboxylic acid groups (broad SMARTS) is 1. The zero-order valence-electron chi connectivity index (χ0n) is 16.4. The summed E-state index contributed by atoms with van der Waals surface area (Å²) in [5, 5.41) is 14.7. The molecule has 0 unspecified atom stereocenters. The number of para-hydroxylation sites is 1. The molecular weight excluding hydrogens is 384 g/mol. The van der Waals surface area contributed by atoms with Crippen LogP contribution in [0.2, 0.25) is 0 Å². The first-order valence-electron chi connectivity index (χ1n) is 9.60. The van der Waals surface area contributed by atoms with E-state index in [0.717, 1.165) is 11.1 Å². The molecule has 0 aliphatic carbocycles. The van der Waals surface area contributed by atoms with Crippen LogP contribution >= 0.6 is 0 Å². The van der Waals surface area contributed by atoms with E-state index in [2.05, 4.69) is 10.1 Å². The summed E-state index contributed by atoms with van der Waals surface area (Å²) < 4.78 is 1.24. The monoisotopic (exact) mass is 402 g/mol. The van der Waals surface area contributed by atoms with Crippen LogP contribution in [0.25, 0.3) is 22.6 Å². The van der Waals surface area contributed by atoms with Gasteiger partial charge in [-0.1, -0.05) is 24.3 Å². The van der Waals surface area contributed by atoms with Gasteiger partial charge in [-0.15, -0.1) is 0 Å². The molecule has 1 N–H and O–H groups in total. The molecule has 150 valence electrons. The minimum Gasteiger partial charge on any atom is -0.478 e. The quantitative estimate of drug-likeness (QED) is 0.706. The fraction of sp³-hybridized carbons (Fsp3) is 0.227. The van der Waals surface area contributed by atoms with Crippen LogP contribution in [0, 0.1) is 13.8 Å². The Bertz CT molecular complexity index is 1310. The second-order valence-electron chi connectivity index (χ2n) is 7.67. The molecule has 0 spiro atoms. The van der Waals surface area contributed by atoms with Crippen LogP contribution < -0.4 is 10.5 Å². The van der Waals surface area contributed by atoms with E-state index in [1.807, 2.05) is 26.0 Å². The average Bonchev–Trinajstić information content (AvgIpc) is 3.09. The number of aromatic nitrogens is 3.